The van der Waals surface area contributed by atoms with Crippen molar-refractivity contribution in [2.45, 2.75) is 19.5 Å². The Morgan fingerprint density at radius 1 is 1.42 bits per heavy atom. The lowest BCUT2D eigenvalue weighted by Crippen LogP contribution is -2.09. The lowest BCUT2D eigenvalue weighted by molar-refractivity contribution is -0.142. The number of anilines is 1. The van der Waals surface area contributed by atoms with Gasteiger partial charge in [0, 0.05) is 10.9 Å². The lowest BCUT2D eigenvalue weighted by atomic mass is 10.1. The van der Waals surface area contributed by atoms with Crippen LogP contribution in [0.2, 0.25) is 0 Å². The standard InChI is InChI=1S/C15H14F3N3O2S/c1-2-23-13(22)7-11-9-24-14(20-11)21-19-8-10-5-3-4-6-12(10)15(16,17)18/h3-6,8-9H,2,7H2,1H3,(H,20,21)/b19-8-. The van der Waals surface area contributed by atoms with Crippen molar-refractivity contribution in [3.63, 3.8) is 0 Å². The van der Waals surface area contributed by atoms with Crippen LogP contribution in [0.4, 0.5) is 18.3 Å². The molecule has 9 heteroatoms. The Hall–Kier alpha value is -2.42. The van der Waals surface area contributed by atoms with Crippen molar-refractivity contribution in [3.8, 4) is 0 Å². The normalized spacial score (nSPS) is 11.7. The van der Waals surface area contributed by atoms with E-state index in [4.69, 9.17) is 4.74 Å². The van der Waals surface area contributed by atoms with Crippen molar-refractivity contribution < 1.29 is 22.7 Å². The Bertz CT molecular complexity index is 729. The van der Waals surface area contributed by atoms with Crippen LogP contribution in [0, 0.1) is 0 Å². The van der Waals surface area contributed by atoms with E-state index in [1.54, 1.807) is 12.3 Å². The molecule has 0 aliphatic carbocycles. The van der Waals surface area contributed by atoms with Crippen LogP contribution in [0.15, 0.2) is 34.7 Å². The summed E-state index contributed by atoms with van der Waals surface area (Å²) in [5, 5.41) is 5.79. The zero-order valence-electron chi connectivity index (χ0n) is 12.6. The molecule has 0 aliphatic heterocycles. The van der Waals surface area contributed by atoms with Crippen molar-refractivity contribution in [1.29, 1.82) is 0 Å². The number of alkyl halides is 3. The third-order valence-corrected chi connectivity index (χ3v) is 3.61. The number of carbonyl (C=O) groups excluding carboxylic acids is 1. The van der Waals surface area contributed by atoms with E-state index in [0.717, 1.165) is 12.3 Å². The van der Waals surface area contributed by atoms with Gasteiger partial charge in [-0.3, -0.25) is 10.2 Å². The number of nitrogens with zero attached hydrogens (tertiary/aromatic N) is 2. The third-order valence-electron chi connectivity index (χ3n) is 2.81. The number of halogens is 3. The quantitative estimate of drug-likeness (QED) is 0.486. The van der Waals surface area contributed by atoms with E-state index >= 15 is 0 Å². The second-order valence-corrected chi connectivity index (χ2v) is 5.44. The van der Waals surface area contributed by atoms with Crippen molar-refractivity contribution in [2.75, 3.05) is 12.0 Å². The summed E-state index contributed by atoms with van der Waals surface area (Å²) in [6.07, 6.45) is -3.33. The number of esters is 1. The summed E-state index contributed by atoms with van der Waals surface area (Å²) >= 11 is 1.19. The van der Waals surface area contributed by atoms with Crippen molar-refractivity contribution in [1.82, 2.24) is 4.98 Å². The Labute approximate surface area is 140 Å². The van der Waals surface area contributed by atoms with Gasteiger partial charge in [0.25, 0.3) is 0 Å². The van der Waals surface area contributed by atoms with Gasteiger partial charge in [0.2, 0.25) is 5.13 Å². The summed E-state index contributed by atoms with van der Waals surface area (Å²) in [4.78, 5) is 15.4. The van der Waals surface area contributed by atoms with Crippen LogP contribution in [0.25, 0.3) is 0 Å². The molecule has 2 rings (SSSR count). The monoisotopic (exact) mass is 357 g/mol. The molecule has 24 heavy (non-hydrogen) atoms. The largest absolute Gasteiger partial charge is 0.466 e. The first kappa shape index (κ1) is 17.9. The predicted octanol–water partition coefficient (Wildman–Crippen LogP) is 3.71. The summed E-state index contributed by atoms with van der Waals surface area (Å²) in [6.45, 7) is 2.00. The minimum absolute atomic E-state index is 0.0344. The molecule has 2 aromatic rings. The summed E-state index contributed by atoms with van der Waals surface area (Å²) in [5.74, 6) is -0.392. The molecule has 0 amide bonds. The molecule has 1 heterocycles. The fourth-order valence-corrected chi connectivity index (χ4v) is 2.48. The summed E-state index contributed by atoms with van der Waals surface area (Å²) in [6, 6.07) is 5.12. The van der Waals surface area contributed by atoms with Crippen molar-refractivity contribution in [2.24, 2.45) is 5.10 Å². The van der Waals surface area contributed by atoms with E-state index in [9.17, 15) is 18.0 Å². The van der Waals surface area contributed by atoms with Crippen molar-refractivity contribution >= 4 is 28.7 Å². The second-order valence-electron chi connectivity index (χ2n) is 4.58. The Morgan fingerprint density at radius 3 is 2.88 bits per heavy atom. The number of aromatic nitrogens is 1. The molecular weight excluding hydrogens is 343 g/mol. The van der Waals surface area contributed by atoms with E-state index in [-0.39, 0.29) is 18.6 Å². The third kappa shape index (κ3) is 5.05. The molecule has 0 unspecified atom stereocenters. The van der Waals surface area contributed by atoms with Crippen LogP contribution in [-0.2, 0) is 22.1 Å². The van der Waals surface area contributed by atoms with Crippen LogP contribution in [0.3, 0.4) is 0 Å². The number of nitrogens with one attached hydrogen (secondary N) is 1. The maximum absolute atomic E-state index is 12.9. The molecule has 0 radical (unpaired) electrons. The minimum atomic E-state index is -4.45. The highest BCUT2D eigenvalue weighted by Gasteiger charge is 2.32. The minimum Gasteiger partial charge on any atom is -0.466 e. The number of rotatable bonds is 6. The van der Waals surface area contributed by atoms with E-state index < -0.39 is 17.7 Å². The molecule has 0 aliphatic rings. The molecule has 1 aromatic heterocycles. The van der Waals surface area contributed by atoms with Gasteiger partial charge in [-0.15, -0.1) is 11.3 Å². The molecule has 1 aromatic carbocycles. The molecule has 0 spiro atoms. The highest BCUT2D eigenvalue weighted by Crippen LogP contribution is 2.31. The predicted molar refractivity (Wildman–Crippen MR) is 85.1 cm³/mol. The number of carbonyl (C=O) groups is 1. The number of hydrogen-bond acceptors (Lipinski definition) is 6. The first-order valence-corrected chi connectivity index (χ1v) is 7.83. The summed E-state index contributed by atoms with van der Waals surface area (Å²) in [7, 11) is 0. The zero-order chi connectivity index (χ0) is 17.6. The van der Waals surface area contributed by atoms with Gasteiger partial charge in [0.05, 0.1) is 30.5 Å². The topological polar surface area (TPSA) is 63.6 Å². The summed E-state index contributed by atoms with van der Waals surface area (Å²) in [5.41, 5.74) is 2.24. The lowest BCUT2D eigenvalue weighted by Gasteiger charge is -2.08. The van der Waals surface area contributed by atoms with Crippen LogP contribution in [-0.4, -0.2) is 23.8 Å². The molecule has 0 saturated carbocycles. The highest BCUT2D eigenvalue weighted by atomic mass is 32.1. The van der Waals surface area contributed by atoms with Gasteiger partial charge in [-0.2, -0.15) is 18.3 Å². The Balaban J connectivity index is 2.01. The van der Waals surface area contributed by atoms with Gasteiger partial charge in [-0.1, -0.05) is 18.2 Å². The maximum atomic E-state index is 12.9. The SMILES string of the molecule is CCOC(=O)Cc1csc(N/N=C\c2ccccc2C(F)(F)F)n1. The number of ether oxygens (including phenoxy) is 1. The molecule has 0 bridgehead atoms. The van der Waals surface area contributed by atoms with Crippen LogP contribution < -0.4 is 5.43 Å². The smallest absolute Gasteiger partial charge is 0.417 e. The molecular formula is C15H14F3N3O2S. The second kappa shape index (κ2) is 7.91. The average molecular weight is 357 g/mol. The van der Waals surface area contributed by atoms with Gasteiger partial charge in [-0.05, 0) is 13.0 Å². The van der Waals surface area contributed by atoms with E-state index in [2.05, 4.69) is 15.5 Å². The Kier molecular flexibility index (Phi) is 5.91. The molecule has 0 saturated heterocycles. The number of hydrazone groups is 1. The molecule has 0 fully saturated rings. The van der Waals surface area contributed by atoms with Crippen LogP contribution in [0.1, 0.15) is 23.7 Å². The molecule has 5 nitrogen and oxygen atoms in total. The van der Waals surface area contributed by atoms with Crippen LogP contribution >= 0.6 is 11.3 Å². The van der Waals surface area contributed by atoms with Crippen molar-refractivity contribution in [3.05, 3.63) is 46.5 Å². The van der Waals surface area contributed by atoms with E-state index in [1.807, 2.05) is 0 Å². The molecule has 1 N–H and O–H groups in total. The maximum Gasteiger partial charge on any atom is 0.417 e. The fraction of sp³-hybridized carbons (Fsp3) is 0.267. The number of benzene rings is 1. The first-order valence-electron chi connectivity index (χ1n) is 6.95. The highest BCUT2D eigenvalue weighted by molar-refractivity contribution is 7.13. The van der Waals surface area contributed by atoms with Gasteiger partial charge in [0.15, 0.2) is 0 Å². The summed E-state index contributed by atoms with van der Waals surface area (Å²) < 4.78 is 43.4. The number of hydrogen-bond donors (Lipinski definition) is 1. The number of thiazole rings is 1. The van der Waals surface area contributed by atoms with Gasteiger partial charge >= 0.3 is 12.1 Å². The average Bonchev–Trinajstić information content (AvgIpc) is 2.94. The fourth-order valence-electron chi connectivity index (χ4n) is 1.82. The Morgan fingerprint density at radius 2 is 2.17 bits per heavy atom. The van der Waals surface area contributed by atoms with Gasteiger partial charge in [-0.25, -0.2) is 4.98 Å². The van der Waals surface area contributed by atoms with Crippen LogP contribution in [0.5, 0.6) is 0 Å². The van der Waals surface area contributed by atoms with Gasteiger partial charge in [0.1, 0.15) is 0 Å². The van der Waals surface area contributed by atoms with E-state index in [0.29, 0.717) is 10.8 Å². The van der Waals surface area contributed by atoms with Gasteiger partial charge < -0.3 is 4.74 Å². The molecule has 0 atom stereocenters. The first-order chi connectivity index (χ1) is 11.4. The van der Waals surface area contributed by atoms with E-state index in [1.165, 1.54) is 29.5 Å². The zero-order valence-corrected chi connectivity index (χ0v) is 13.4. The molecule has 128 valence electrons.